The highest BCUT2D eigenvalue weighted by atomic mass is 35.5. The summed E-state index contributed by atoms with van der Waals surface area (Å²) >= 11 is 5.76. The van der Waals surface area contributed by atoms with Crippen LogP contribution in [-0.4, -0.2) is 17.0 Å². The molecule has 0 saturated carbocycles. The van der Waals surface area contributed by atoms with E-state index in [0.717, 1.165) is 5.56 Å². The van der Waals surface area contributed by atoms with Gasteiger partial charge in [-0.3, -0.25) is 10.1 Å². The molecule has 7 heteroatoms. The summed E-state index contributed by atoms with van der Waals surface area (Å²) in [5.41, 5.74) is 0.609. The Morgan fingerprint density at radius 1 is 1.45 bits per heavy atom. The van der Waals surface area contributed by atoms with Gasteiger partial charge in [-0.05, 0) is 25.2 Å². The number of pyridine rings is 1. The van der Waals surface area contributed by atoms with Crippen LogP contribution in [0.2, 0.25) is 5.02 Å². The predicted octanol–water partition coefficient (Wildman–Crippen LogP) is 3.15. The molecule has 2 aromatic rings. The molecule has 0 aliphatic carbocycles. The van der Waals surface area contributed by atoms with Gasteiger partial charge in [0, 0.05) is 29.4 Å². The molecule has 0 aliphatic heterocycles. The molecule has 1 aromatic heterocycles. The second-order valence-corrected chi connectivity index (χ2v) is 4.41. The molecule has 0 amide bonds. The van der Waals surface area contributed by atoms with Crippen LogP contribution in [0, 0.1) is 10.1 Å². The fourth-order valence-electron chi connectivity index (χ4n) is 1.66. The molecule has 1 aromatic carbocycles. The van der Waals surface area contributed by atoms with Gasteiger partial charge in [0.15, 0.2) is 0 Å². The summed E-state index contributed by atoms with van der Waals surface area (Å²) in [6, 6.07) is 7.84. The highest BCUT2D eigenvalue weighted by molar-refractivity contribution is 6.30. The lowest BCUT2D eigenvalue weighted by molar-refractivity contribution is -0.385. The van der Waals surface area contributed by atoms with Gasteiger partial charge in [0.25, 0.3) is 0 Å². The van der Waals surface area contributed by atoms with Crippen molar-refractivity contribution in [1.82, 2.24) is 10.3 Å². The molecule has 0 unspecified atom stereocenters. The molecular formula is C13H12ClN3O3. The number of rotatable bonds is 5. The zero-order valence-corrected chi connectivity index (χ0v) is 11.4. The highest BCUT2D eigenvalue weighted by Crippen LogP contribution is 2.33. The Kier molecular flexibility index (Phi) is 4.49. The number of hydrogen-bond donors (Lipinski definition) is 1. The van der Waals surface area contributed by atoms with Crippen LogP contribution in [0.25, 0.3) is 0 Å². The van der Waals surface area contributed by atoms with Crippen LogP contribution >= 0.6 is 11.6 Å². The summed E-state index contributed by atoms with van der Waals surface area (Å²) in [5.74, 6) is 0.433. The molecule has 104 valence electrons. The van der Waals surface area contributed by atoms with Gasteiger partial charge in [-0.1, -0.05) is 17.7 Å². The minimum Gasteiger partial charge on any atom is -0.431 e. The number of ether oxygens (including phenoxy) is 1. The van der Waals surface area contributed by atoms with Gasteiger partial charge in [0.05, 0.1) is 4.92 Å². The lowest BCUT2D eigenvalue weighted by Gasteiger charge is -2.09. The lowest BCUT2D eigenvalue weighted by Crippen LogP contribution is -2.07. The molecule has 2 rings (SSSR count). The number of nitrogens with one attached hydrogen (secondary N) is 1. The van der Waals surface area contributed by atoms with Crippen LogP contribution < -0.4 is 10.1 Å². The summed E-state index contributed by atoms with van der Waals surface area (Å²) in [5, 5.41) is 14.3. The topological polar surface area (TPSA) is 77.3 Å². The largest absolute Gasteiger partial charge is 0.431 e. The third-order valence-corrected chi connectivity index (χ3v) is 2.78. The van der Waals surface area contributed by atoms with E-state index in [1.807, 2.05) is 6.07 Å². The van der Waals surface area contributed by atoms with Crippen molar-refractivity contribution >= 4 is 17.3 Å². The third-order valence-electron chi connectivity index (χ3n) is 2.54. The Balaban J connectivity index is 2.37. The number of halogens is 1. The molecule has 0 radical (unpaired) electrons. The van der Waals surface area contributed by atoms with Crippen LogP contribution in [0.1, 0.15) is 5.56 Å². The molecule has 1 heterocycles. The summed E-state index contributed by atoms with van der Waals surface area (Å²) in [7, 11) is 1.79. The van der Waals surface area contributed by atoms with Crippen LogP contribution in [0.3, 0.4) is 0 Å². The molecular weight excluding hydrogens is 282 g/mol. The molecule has 0 spiro atoms. The molecule has 0 fully saturated rings. The van der Waals surface area contributed by atoms with Crippen LogP contribution in [0.5, 0.6) is 11.6 Å². The fourth-order valence-corrected chi connectivity index (χ4v) is 1.83. The Morgan fingerprint density at radius 2 is 2.25 bits per heavy atom. The predicted molar refractivity (Wildman–Crippen MR) is 75.2 cm³/mol. The van der Waals surface area contributed by atoms with E-state index in [1.54, 1.807) is 19.3 Å². The van der Waals surface area contributed by atoms with Gasteiger partial charge < -0.3 is 10.1 Å². The zero-order chi connectivity index (χ0) is 14.5. The lowest BCUT2D eigenvalue weighted by atomic mass is 10.2. The number of hydrogen-bond acceptors (Lipinski definition) is 5. The Labute approximate surface area is 120 Å². The smallest absolute Gasteiger partial charge is 0.313 e. The Bertz CT molecular complexity index is 634. The molecule has 0 bridgehead atoms. The second kappa shape index (κ2) is 6.31. The van der Waals surface area contributed by atoms with Gasteiger partial charge >= 0.3 is 5.69 Å². The normalized spacial score (nSPS) is 10.3. The summed E-state index contributed by atoms with van der Waals surface area (Å²) in [4.78, 5) is 14.6. The first-order valence-electron chi connectivity index (χ1n) is 5.82. The van der Waals surface area contributed by atoms with Gasteiger partial charge in [-0.25, -0.2) is 4.98 Å². The monoisotopic (exact) mass is 293 g/mol. The van der Waals surface area contributed by atoms with Gasteiger partial charge in [0.1, 0.15) is 0 Å². The molecule has 0 aliphatic rings. The molecule has 20 heavy (non-hydrogen) atoms. The van der Waals surface area contributed by atoms with Crippen LogP contribution in [0.15, 0.2) is 36.5 Å². The second-order valence-electron chi connectivity index (χ2n) is 3.97. The Hall–Kier alpha value is -2.18. The van der Waals surface area contributed by atoms with Crippen molar-refractivity contribution in [3.8, 4) is 11.6 Å². The minimum atomic E-state index is -0.540. The van der Waals surface area contributed by atoms with E-state index >= 15 is 0 Å². The summed E-state index contributed by atoms with van der Waals surface area (Å²) in [6.07, 6.45) is 1.57. The minimum absolute atomic E-state index is 0.107. The SMILES string of the molecule is CNCc1cccnc1Oc1ccc(Cl)cc1[N+](=O)[O-]. The number of nitrogens with zero attached hydrogens (tertiary/aromatic N) is 2. The Morgan fingerprint density at radius 3 is 2.95 bits per heavy atom. The van der Waals surface area contributed by atoms with Crippen molar-refractivity contribution < 1.29 is 9.66 Å². The molecule has 0 saturated heterocycles. The van der Waals surface area contributed by atoms with Crippen LogP contribution in [0.4, 0.5) is 5.69 Å². The van der Waals surface area contributed by atoms with Crippen LogP contribution in [-0.2, 0) is 6.54 Å². The maximum Gasteiger partial charge on any atom is 0.313 e. The first-order valence-corrected chi connectivity index (χ1v) is 6.20. The quantitative estimate of drug-likeness (QED) is 0.677. The third kappa shape index (κ3) is 3.23. The van der Waals surface area contributed by atoms with Gasteiger partial charge in [-0.15, -0.1) is 0 Å². The number of nitro benzene ring substituents is 1. The van der Waals surface area contributed by atoms with E-state index in [1.165, 1.54) is 18.2 Å². The molecule has 1 N–H and O–H groups in total. The number of benzene rings is 1. The average molecular weight is 294 g/mol. The average Bonchev–Trinajstić information content (AvgIpc) is 2.43. The standard InChI is InChI=1S/C13H12ClN3O3/c1-15-8-9-3-2-6-16-13(9)20-12-5-4-10(14)7-11(12)17(18)19/h2-7,15H,8H2,1H3. The van der Waals surface area contributed by atoms with E-state index in [4.69, 9.17) is 16.3 Å². The summed E-state index contributed by atoms with van der Waals surface area (Å²) < 4.78 is 5.56. The molecule has 0 atom stereocenters. The maximum absolute atomic E-state index is 11.0. The molecule has 6 nitrogen and oxygen atoms in total. The maximum atomic E-state index is 11.0. The number of aromatic nitrogens is 1. The van der Waals surface area contributed by atoms with Crippen molar-refractivity contribution in [3.05, 3.63) is 57.2 Å². The first-order chi connectivity index (χ1) is 9.61. The van der Waals surface area contributed by atoms with Gasteiger partial charge in [-0.2, -0.15) is 0 Å². The van der Waals surface area contributed by atoms with Crippen molar-refractivity contribution in [3.63, 3.8) is 0 Å². The van der Waals surface area contributed by atoms with E-state index in [2.05, 4.69) is 10.3 Å². The van der Waals surface area contributed by atoms with E-state index in [0.29, 0.717) is 12.4 Å². The zero-order valence-electron chi connectivity index (χ0n) is 10.7. The van der Waals surface area contributed by atoms with Crippen molar-refractivity contribution in [2.75, 3.05) is 7.05 Å². The van der Waals surface area contributed by atoms with Gasteiger partial charge in [0.2, 0.25) is 11.6 Å². The van der Waals surface area contributed by atoms with Crippen molar-refractivity contribution in [2.24, 2.45) is 0 Å². The van der Waals surface area contributed by atoms with Crippen molar-refractivity contribution in [2.45, 2.75) is 6.54 Å². The van der Waals surface area contributed by atoms with E-state index in [9.17, 15) is 10.1 Å². The fraction of sp³-hybridized carbons (Fsp3) is 0.154. The summed E-state index contributed by atoms with van der Waals surface area (Å²) in [6.45, 7) is 0.546. The van der Waals surface area contributed by atoms with Crippen molar-refractivity contribution in [1.29, 1.82) is 0 Å². The number of nitro groups is 1. The highest BCUT2D eigenvalue weighted by Gasteiger charge is 2.18. The first kappa shape index (κ1) is 14.2. The van der Waals surface area contributed by atoms with E-state index in [-0.39, 0.29) is 16.5 Å². The van der Waals surface area contributed by atoms with E-state index < -0.39 is 4.92 Å².